The van der Waals surface area contributed by atoms with E-state index in [0.717, 1.165) is 42.9 Å². The number of nitrogens with zero attached hydrogens (tertiary/aromatic N) is 3. The number of hydrogen-bond acceptors (Lipinski definition) is 3. The molecule has 1 aromatic heterocycles. The summed E-state index contributed by atoms with van der Waals surface area (Å²) in [6.07, 6.45) is 7.05. The van der Waals surface area contributed by atoms with Crippen LogP contribution in [0.15, 0.2) is 36.5 Å². The van der Waals surface area contributed by atoms with Crippen molar-refractivity contribution in [3.63, 3.8) is 0 Å². The molecule has 3 heterocycles. The summed E-state index contributed by atoms with van der Waals surface area (Å²) in [5.74, 6) is 0.167. The molecular weight excluding hydrogens is 350 g/mol. The standard InChI is InChI=1S/C23H27N3O2/c1-15(27)26-17-13-23(2)19(9-5-6-10-20(23)26)25(14-17)22(28)21-18-8-4-3-7-16(18)11-12-24-21/h3-4,7-8,11-12,17,19-20H,5-6,9-10,13-14H2,1-2H3/t17-,19+,20-,23+/m0/s1. The predicted molar refractivity (Wildman–Crippen MR) is 108 cm³/mol. The Labute approximate surface area is 165 Å². The number of carbonyl (C=O) groups is 2. The fraction of sp³-hybridized carbons (Fsp3) is 0.522. The van der Waals surface area contributed by atoms with Crippen LogP contribution in [0.5, 0.6) is 0 Å². The summed E-state index contributed by atoms with van der Waals surface area (Å²) < 4.78 is 0. The van der Waals surface area contributed by atoms with Crippen molar-refractivity contribution in [3.05, 3.63) is 42.2 Å². The largest absolute Gasteiger partial charge is 0.335 e. The third-order valence-corrected chi connectivity index (χ3v) is 7.42. The number of likely N-dealkylation sites (tertiary alicyclic amines) is 2. The van der Waals surface area contributed by atoms with Crippen LogP contribution < -0.4 is 0 Å². The van der Waals surface area contributed by atoms with Crippen LogP contribution in [0.25, 0.3) is 10.8 Å². The highest BCUT2D eigenvalue weighted by Crippen LogP contribution is 2.53. The van der Waals surface area contributed by atoms with E-state index in [-0.39, 0.29) is 35.4 Å². The summed E-state index contributed by atoms with van der Waals surface area (Å²) in [5, 5.41) is 1.95. The summed E-state index contributed by atoms with van der Waals surface area (Å²) in [6.45, 7) is 4.61. The molecule has 28 heavy (non-hydrogen) atoms. The Balaban J connectivity index is 1.59. The van der Waals surface area contributed by atoms with Crippen molar-refractivity contribution in [1.82, 2.24) is 14.8 Å². The molecule has 0 N–H and O–H groups in total. The van der Waals surface area contributed by atoms with Gasteiger partial charge in [0.25, 0.3) is 5.91 Å². The highest BCUT2D eigenvalue weighted by Gasteiger charge is 2.60. The maximum atomic E-state index is 13.7. The Morgan fingerprint density at radius 1 is 1.11 bits per heavy atom. The molecule has 0 radical (unpaired) electrons. The number of piperidine rings is 1. The minimum atomic E-state index is -0.0225. The SMILES string of the molecule is CC(=O)N1[C@@H]2CN(C(=O)c3nccc4ccccc34)[C@@H]3CCCC[C@H]1[C@]3(C)C2. The number of carbonyl (C=O) groups excluding carboxylic acids is 2. The van der Waals surface area contributed by atoms with Crippen LogP contribution in [-0.4, -0.2) is 51.3 Å². The van der Waals surface area contributed by atoms with E-state index in [1.54, 1.807) is 13.1 Å². The average molecular weight is 377 g/mol. The van der Waals surface area contributed by atoms with Crippen LogP contribution in [0.2, 0.25) is 0 Å². The molecule has 5 rings (SSSR count). The number of amides is 2. The first kappa shape index (κ1) is 17.7. The van der Waals surface area contributed by atoms with Crippen LogP contribution in [0, 0.1) is 5.41 Å². The molecule has 5 heteroatoms. The van der Waals surface area contributed by atoms with Gasteiger partial charge in [0.05, 0.1) is 6.04 Å². The normalized spacial score (nSPS) is 31.7. The van der Waals surface area contributed by atoms with Gasteiger partial charge in [-0.15, -0.1) is 0 Å². The third kappa shape index (κ3) is 2.41. The topological polar surface area (TPSA) is 53.5 Å². The first-order valence-electron chi connectivity index (χ1n) is 10.4. The second-order valence-electron chi connectivity index (χ2n) is 8.94. The minimum absolute atomic E-state index is 0.0174. The monoisotopic (exact) mass is 377 g/mol. The van der Waals surface area contributed by atoms with Crippen LogP contribution in [0.3, 0.4) is 0 Å². The van der Waals surface area contributed by atoms with Gasteiger partial charge in [0, 0.05) is 42.6 Å². The van der Waals surface area contributed by atoms with Crippen molar-refractivity contribution in [3.8, 4) is 0 Å². The summed E-state index contributed by atoms with van der Waals surface area (Å²) >= 11 is 0. The van der Waals surface area contributed by atoms with E-state index in [2.05, 4.69) is 21.7 Å². The van der Waals surface area contributed by atoms with Gasteiger partial charge in [-0.25, -0.2) is 0 Å². The van der Waals surface area contributed by atoms with Crippen molar-refractivity contribution < 1.29 is 9.59 Å². The Bertz CT molecular complexity index is 953. The molecule has 4 atom stereocenters. The Morgan fingerprint density at radius 3 is 2.64 bits per heavy atom. The molecule has 2 aliphatic heterocycles. The Hall–Kier alpha value is -2.43. The molecule has 1 aromatic carbocycles. The maximum absolute atomic E-state index is 13.7. The van der Waals surface area contributed by atoms with Gasteiger partial charge in [0.15, 0.2) is 0 Å². The second-order valence-corrected chi connectivity index (χ2v) is 8.94. The molecule has 0 unspecified atom stereocenters. The molecule has 3 fully saturated rings. The fourth-order valence-corrected chi connectivity index (χ4v) is 6.29. The minimum Gasteiger partial charge on any atom is -0.335 e. The molecule has 3 aliphatic rings. The molecule has 1 saturated carbocycles. The molecule has 5 nitrogen and oxygen atoms in total. The van der Waals surface area contributed by atoms with Gasteiger partial charge in [0.2, 0.25) is 5.91 Å². The van der Waals surface area contributed by atoms with Crippen LogP contribution in [0.4, 0.5) is 0 Å². The summed E-state index contributed by atoms with van der Waals surface area (Å²) in [5.41, 5.74) is 0.517. The number of fused-ring (bicyclic) bond motifs is 2. The van der Waals surface area contributed by atoms with Gasteiger partial charge in [-0.3, -0.25) is 14.6 Å². The van der Waals surface area contributed by atoms with Crippen molar-refractivity contribution in [2.24, 2.45) is 5.41 Å². The lowest BCUT2D eigenvalue weighted by Gasteiger charge is -2.46. The molecule has 2 amide bonds. The van der Waals surface area contributed by atoms with E-state index >= 15 is 0 Å². The molecule has 1 aliphatic carbocycles. The molecule has 2 bridgehead atoms. The highest BCUT2D eigenvalue weighted by molar-refractivity contribution is 6.05. The first-order chi connectivity index (χ1) is 13.5. The number of hydrogen-bond donors (Lipinski definition) is 0. The number of rotatable bonds is 1. The first-order valence-corrected chi connectivity index (χ1v) is 10.4. The molecule has 2 aromatic rings. The van der Waals surface area contributed by atoms with E-state index in [1.807, 2.05) is 30.3 Å². The quantitative estimate of drug-likeness (QED) is 0.763. The zero-order valence-electron chi connectivity index (χ0n) is 16.6. The summed E-state index contributed by atoms with van der Waals surface area (Å²) in [6, 6.07) is 10.4. The number of aromatic nitrogens is 1. The van der Waals surface area contributed by atoms with E-state index in [1.165, 1.54) is 0 Å². The molecule has 2 saturated heterocycles. The van der Waals surface area contributed by atoms with Crippen LogP contribution in [0.1, 0.15) is 56.4 Å². The number of benzene rings is 1. The lowest BCUT2D eigenvalue weighted by atomic mass is 9.71. The zero-order valence-corrected chi connectivity index (χ0v) is 16.6. The second kappa shape index (κ2) is 6.29. The van der Waals surface area contributed by atoms with Crippen LogP contribution >= 0.6 is 0 Å². The smallest absolute Gasteiger partial charge is 0.273 e. The average Bonchev–Trinajstić information content (AvgIpc) is 2.80. The lowest BCUT2D eigenvalue weighted by molar-refractivity contribution is -0.132. The number of pyridine rings is 1. The third-order valence-electron chi connectivity index (χ3n) is 7.42. The van der Waals surface area contributed by atoms with Gasteiger partial charge >= 0.3 is 0 Å². The van der Waals surface area contributed by atoms with Gasteiger partial charge in [-0.2, -0.15) is 0 Å². The highest BCUT2D eigenvalue weighted by atomic mass is 16.2. The van der Waals surface area contributed by atoms with E-state index in [4.69, 9.17) is 0 Å². The van der Waals surface area contributed by atoms with Gasteiger partial charge in [-0.1, -0.05) is 44.0 Å². The summed E-state index contributed by atoms with van der Waals surface area (Å²) in [7, 11) is 0. The van der Waals surface area contributed by atoms with Crippen molar-refractivity contribution in [2.45, 2.75) is 64.1 Å². The molecule has 0 spiro atoms. The maximum Gasteiger partial charge on any atom is 0.273 e. The van der Waals surface area contributed by atoms with E-state index in [0.29, 0.717) is 12.2 Å². The Morgan fingerprint density at radius 2 is 1.86 bits per heavy atom. The Kier molecular flexibility index (Phi) is 3.97. The van der Waals surface area contributed by atoms with Crippen molar-refractivity contribution in [1.29, 1.82) is 0 Å². The molecular formula is C23H27N3O2. The van der Waals surface area contributed by atoms with Crippen molar-refractivity contribution in [2.75, 3.05) is 6.54 Å². The fourth-order valence-electron chi connectivity index (χ4n) is 6.29. The zero-order chi connectivity index (χ0) is 19.5. The van der Waals surface area contributed by atoms with E-state index < -0.39 is 0 Å². The van der Waals surface area contributed by atoms with Gasteiger partial charge in [-0.05, 0) is 30.7 Å². The van der Waals surface area contributed by atoms with E-state index in [9.17, 15) is 9.59 Å². The van der Waals surface area contributed by atoms with Crippen LogP contribution in [-0.2, 0) is 4.79 Å². The lowest BCUT2D eigenvalue weighted by Crippen LogP contribution is -2.56. The summed E-state index contributed by atoms with van der Waals surface area (Å²) in [4.78, 5) is 34.8. The van der Waals surface area contributed by atoms with Gasteiger partial charge < -0.3 is 9.80 Å². The predicted octanol–water partition coefficient (Wildman–Crippen LogP) is 3.63. The molecule has 146 valence electrons. The van der Waals surface area contributed by atoms with Crippen molar-refractivity contribution >= 4 is 22.6 Å². The van der Waals surface area contributed by atoms with Gasteiger partial charge in [0.1, 0.15) is 5.69 Å².